The fraction of sp³-hybridized carbons (Fsp3) is 0.115. The van der Waals surface area contributed by atoms with Gasteiger partial charge in [0.05, 0.1) is 12.8 Å². The minimum atomic E-state index is -0.625. The second-order valence-electron chi connectivity index (χ2n) is 7.43. The molecule has 1 aliphatic rings. The normalized spacial score (nSPS) is 15.2. The Morgan fingerprint density at radius 2 is 1.79 bits per heavy atom. The average Bonchev–Trinajstić information content (AvgIpc) is 3.34. The SMILES string of the molecule is CC1=C(C#N)C(=O)N(Cc2ccco2)C(=O)/C1=C/c1ccc(OCc2ccc(Cl)cc2)cc1. The van der Waals surface area contributed by atoms with Crippen LogP contribution in [-0.2, 0) is 22.7 Å². The number of hydrogen-bond acceptors (Lipinski definition) is 5. The quantitative estimate of drug-likeness (QED) is 0.369. The maximum atomic E-state index is 13.1. The second-order valence-corrected chi connectivity index (χ2v) is 7.87. The van der Waals surface area contributed by atoms with Gasteiger partial charge in [-0.25, -0.2) is 0 Å². The number of benzene rings is 2. The maximum absolute atomic E-state index is 13.1. The molecule has 6 nitrogen and oxygen atoms in total. The Morgan fingerprint density at radius 1 is 1.06 bits per heavy atom. The molecule has 0 N–H and O–H groups in total. The van der Waals surface area contributed by atoms with Gasteiger partial charge in [-0.2, -0.15) is 5.26 Å². The van der Waals surface area contributed by atoms with Gasteiger partial charge in [0.2, 0.25) is 0 Å². The Bertz CT molecular complexity index is 1280. The molecule has 0 spiro atoms. The molecular formula is C26H19ClN2O4. The van der Waals surface area contributed by atoms with Crippen LogP contribution in [0.5, 0.6) is 5.75 Å². The molecule has 0 radical (unpaired) electrons. The first kappa shape index (κ1) is 22.1. The van der Waals surface area contributed by atoms with E-state index in [0.29, 0.717) is 28.7 Å². The van der Waals surface area contributed by atoms with Crippen LogP contribution in [0.2, 0.25) is 5.02 Å². The smallest absolute Gasteiger partial charge is 0.272 e. The summed E-state index contributed by atoms with van der Waals surface area (Å²) in [6, 6.07) is 19.9. The molecule has 2 amide bonds. The number of carbonyl (C=O) groups is 2. The molecule has 7 heteroatoms. The van der Waals surface area contributed by atoms with E-state index in [4.69, 9.17) is 20.8 Å². The number of halogens is 1. The summed E-state index contributed by atoms with van der Waals surface area (Å²) in [5, 5.41) is 10.2. The van der Waals surface area contributed by atoms with Crippen molar-refractivity contribution in [1.29, 1.82) is 5.26 Å². The van der Waals surface area contributed by atoms with Crippen molar-refractivity contribution in [3.63, 3.8) is 0 Å². The first-order valence-electron chi connectivity index (χ1n) is 10.1. The van der Waals surface area contributed by atoms with Crippen LogP contribution < -0.4 is 4.74 Å². The van der Waals surface area contributed by atoms with Gasteiger partial charge in [-0.1, -0.05) is 35.9 Å². The molecule has 1 aliphatic heterocycles. The predicted molar refractivity (Wildman–Crippen MR) is 123 cm³/mol. The molecule has 0 unspecified atom stereocenters. The fourth-order valence-electron chi connectivity index (χ4n) is 3.41. The maximum Gasteiger partial charge on any atom is 0.272 e. The molecule has 33 heavy (non-hydrogen) atoms. The van der Waals surface area contributed by atoms with Crippen LogP contribution >= 0.6 is 11.6 Å². The van der Waals surface area contributed by atoms with Gasteiger partial charge in [-0.15, -0.1) is 0 Å². The highest BCUT2D eigenvalue weighted by Crippen LogP contribution is 2.28. The first-order chi connectivity index (χ1) is 16.0. The molecule has 2 aromatic carbocycles. The molecule has 0 saturated carbocycles. The molecule has 0 bridgehead atoms. The van der Waals surface area contributed by atoms with Crippen molar-refractivity contribution in [1.82, 2.24) is 4.90 Å². The molecule has 0 aliphatic carbocycles. The van der Waals surface area contributed by atoms with Gasteiger partial charge in [0.25, 0.3) is 11.8 Å². The number of ether oxygens (including phenoxy) is 1. The van der Waals surface area contributed by atoms with Gasteiger partial charge in [0.1, 0.15) is 29.8 Å². The van der Waals surface area contributed by atoms with Gasteiger partial charge in [0.15, 0.2) is 0 Å². The third-order valence-corrected chi connectivity index (χ3v) is 5.48. The third kappa shape index (κ3) is 4.89. The number of nitrogens with zero attached hydrogens (tertiary/aromatic N) is 2. The van der Waals surface area contributed by atoms with E-state index in [1.54, 1.807) is 37.3 Å². The van der Waals surface area contributed by atoms with Gasteiger partial charge < -0.3 is 9.15 Å². The Morgan fingerprint density at radius 3 is 2.42 bits per heavy atom. The third-order valence-electron chi connectivity index (χ3n) is 5.23. The molecule has 2 heterocycles. The summed E-state index contributed by atoms with van der Waals surface area (Å²) in [5.74, 6) is 0.0206. The van der Waals surface area contributed by atoms with Crippen molar-refractivity contribution in [2.24, 2.45) is 0 Å². The van der Waals surface area contributed by atoms with E-state index >= 15 is 0 Å². The summed E-state index contributed by atoms with van der Waals surface area (Å²) in [4.78, 5) is 26.8. The van der Waals surface area contributed by atoms with E-state index in [1.807, 2.05) is 42.5 Å². The van der Waals surface area contributed by atoms with Crippen LogP contribution in [-0.4, -0.2) is 16.7 Å². The standard InChI is InChI=1S/C26H19ClN2O4/c1-17-23(25(30)29(26(31)24(17)14-28)15-22-3-2-12-32-22)13-18-6-10-21(11-7-18)33-16-19-4-8-20(27)9-5-19/h2-13H,15-16H2,1H3/b23-13+. The lowest BCUT2D eigenvalue weighted by atomic mass is 9.93. The number of hydrogen-bond donors (Lipinski definition) is 0. The van der Waals surface area contributed by atoms with Crippen molar-refractivity contribution in [2.45, 2.75) is 20.1 Å². The van der Waals surface area contributed by atoms with Gasteiger partial charge in [-0.3, -0.25) is 14.5 Å². The molecule has 0 fully saturated rings. The summed E-state index contributed by atoms with van der Waals surface area (Å²) in [6.07, 6.45) is 3.13. The van der Waals surface area contributed by atoms with E-state index in [9.17, 15) is 14.9 Å². The van der Waals surface area contributed by atoms with Crippen molar-refractivity contribution in [2.75, 3.05) is 0 Å². The average molecular weight is 459 g/mol. The van der Waals surface area contributed by atoms with Crippen LogP contribution in [0.3, 0.4) is 0 Å². The summed E-state index contributed by atoms with van der Waals surface area (Å²) in [7, 11) is 0. The number of imide groups is 1. The van der Waals surface area contributed by atoms with Gasteiger partial charge in [-0.05, 0) is 66.1 Å². The van der Waals surface area contributed by atoms with E-state index in [0.717, 1.165) is 16.0 Å². The second kappa shape index (κ2) is 9.60. The topological polar surface area (TPSA) is 83.5 Å². The number of nitriles is 1. The van der Waals surface area contributed by atoms with Gasteiger partial charge in [0, 0.05) is 10.6 Å². The number of rotatable bonds is 6. The highest BCUT2D eigenvalue weighted by atomic mass is 35.5. The number of furan rings is 1. The zero-order valence-electron chi connectivity index (χ0n) is 17.7. The lowest BCUT2D eigenvalue weighted by Gasteiger charge is -2.26. The molecule has 4 rings (SSSR count). The zero-order chi connectivity index (χ0) is 23.4. The Kier molecular flexibility index (Phi) is 6.43. The molecular weight excluding hydrogens is 440 g/mol. The molecule has 3 aromatic rings. The zero-order valence-corrected chi connectivity index (χ0v) is 18.5. The van der Waals surface area contributed by atoms with Crippen LogP contribution in [0.25, 0.3) is 6.08 Å². The van der Waals surface area contributed by atoms with Crippen LogP contribution in [0.15, 0.2) is 88.1 Å². The van der Waals surface area contributed by atoms with Crippen LogP contribution in [0.1, 0.15) is 23.8 Å². The van der Waals surface area contributed by atoms with Gasteiger partial charge >= 0.3 is 0 Å². The van der Waals surface area contributed by atoms with E-state index < -0.39 is 11.8 Å². The highest BCUT2D eigenvalue weighted by molar-refractivity contribution is 6.30. The van der Waals surface area contributed by atoms with Crippen molar-refractivity contribution >= 4 is 29.5 Å². The summed E-state index contributed by atoms with van der Waals surface area (Å²) >= 11 is 5.90. The summed E-state index contributed by atoms with van der Waals surface area (Å²) in [5.41, 5.74) is 2.31. The lowest BCUT2D eigenvalue weighted by molar-refractivity contribution is -0.141. The molecule has 1 aromatic heterocycles. The monoisotopic (exact) mass is 458 g/mol. The van der Waals surface area contributed by atoms with E-state index in [1.165, 1.54) is 6.26 Å². The molecule has 0 atom stereocenters. The van der Waals surface area contributed by atoms with Crippen LogP contribution in [0, 0.1) is 11.3 Å². The largest absolute Gasteiger partial charge is 0.489 e. The van der Waals surface area contributed by atoms with E-state index in [-0.39, 0.29) is 17.7 Å². The highest BCUT2D eigenvalue weighted by Gasteiger charge is 2.35. The number of amides is 2. The minimum absolute atomic E-state index is 0.0437. The van der Waals surface area contributed by atoms with E-state index in [2.05, 4.69) is 0 Å². The van der Waals surface area contributed by atoms with Crippen molar-refractivity contribution in [3.8, 4) is 11.8 Å². The molecule has 0 saturated heterocycles. The lowest BCUT2D eigenvalue weighted by Crippen LogP contribution is -2.42. The predicted octanol–water partition coefficient (Wildman–Crippen LogP) is 5.30. The summed E-state index contributed by atoms with van der Waals surface area (Å²) in [6.45, 7) is 1.96. The Labute approximate surface area is 195 Å². The molecule has 164 valence electrons. The minimum Gasteiger partial charge on any atom is -0.489 e. The van der Waals surface area contributed by atoms with Crippen molar-refractivity contribution < 1.29 is 18.7 Å². The Balaban J connectivity index is 1.55. The van der Waals surface area contributed by atoms with Crippen LogP contribution in [0.4, 0.5) is 0 Å². The first-order valence-corrected chi connectivity index (χ1v) is 10.5. The number of carbonyl (C=O) groups excluding carboxylic acids is 2. The van der Waals surface area contributed by atoms with Crippen molar-refractivity contribution in [3.05, 3.63) is 106 Å². The fourth-order valence-corrected chi connectivity index (χ4v) is 3.53. The Hall–Kier alpha value is -4.08. The summed E-state index contributed by atoms with van der Waals surface area (Å²) < 4.78 is 11.1.